The zero-order valence-electron chi connectivity index (χ0n) is 22.8. The van der Waals surface area contributed by atoms with Gasteiger partial charge in [0.1, 0.15) is 24.0 Å². The van der Waals surface area contributed by atoms with Crippen LogP contribution >= 0.6 is 23.2 Å². The average molecular weight is 585 g/mol. The molecule has 0 saturated carbocycles. The predicted octanol–water partition coefficient (Wildman–Crippen LogP) is 5.23. The van der Waals surface area contributed by atoms with E-state index in [-0.39, 0.29) is 23.1 Å². The molecule has 12 heteroatoms. The Balaban J connectivity index is 2.15. The maximum Gasteiger partial charge on any atom is 0.328 e. The first-order chi connectivity index (χ1) is 18.5. The number of hydrogen-bond acceptors (Lipinski definition) is 9. The first-order valence-electron chi connectivity index (χ1n) is 12.4. The number of aromatic nitrogens is 1. The fourth-order valence-electron chi connectivity index (χ4n) is 3.79. The number of hydrogen-bond donors (Lipinski definition) is 1. The SMILES string of the molecule is CCC(CC)[C@@H](Oc1ccc(Cl)cc1Cl)[C@H](C)OC(=O)[C@H](C)NC(=O)c1nccc(OC)c1OCOC(C)=O. The largest absolute Gasteiger partial charge is 0.493 e. The summed E-state index contributed by atoms with van der Waals surface area (Å²) in [6.07, 6.45) is 1.71. The molecule has 0 spiro atoms. The van der Waals surface area contributed by atoms with E-state index < -0.39 is 42.9 Å². The lowest BCUT2D eigenvalue weighted by Crippen LogP contribution is -2.45. The van der Waals surface area contributed by atoms with Crippen molar-refractivity contribution in [2.75, 3.05) is 13.9 Å². The summed E-state index contributed by atoms with van der Waals surface area (Å²) in [6.45, 7) is 8.01. The number of carbonyl (C=O) groups excluding carboxylic acids is 3. The molecule has 0 unspecified atom stereocenters. The van der Waals surface area contributed by atoms with E-state index in [0.29, 0.717) is 15.8 Å². The summed E-state index contributed by atoms with van der Waals surface area (Å²) in [5.74, 6) is -1.34. The summed E-state index contributed by atoms with van der Waals surface area (Å²) < 4.78 is 27.3. The number of rotatable bonds is 14. The topological polar surface area (TPSA) is 122 Å². The first-order valence-corrected chi connectivity index (χ1v) is 13.2. The predicted molar refractivity (Wildman–Crippen MR) is 145 cm³/mol. The van der Waals surface area contributed by atoms with E-state index in [4.69, 9.17) is 46.9 Å². The van der Waals surface area contributed by atoms with Crippen LogP contribution in [0.1, 0.15) is 57.9 Å². The maximum atomic E-state index is 13.0. The number of halogens is 2. The van der Waals surface area contributed by atoms with Crippen LogP contribution in [0, 0.1) is 5.92 Å². The molecule has 1 N–H and O–H groups in total. The number of ether oxygens (including phenoxy) is 5. The van der Waals surface area contributed by atoms with E-state index in [9.17, 15) is 14.4 Å². The van der Waals surface area contributed by atoms with Gasteiger partial charge in [0.2, 0.25) is 6.79 Å². The second kappa shape index (κ2) is 15.4. The van der Waals surface area contributed by atoms with Crippen molar-refractivity contribution in [1.82, 2.24) is 10.3 Å². The molecule has 1 heterocycles. The smallest absolute Gasteiger partial charge is 0.328 e. The van der Waals surface area contributed by atoms with Crippen LogP contribution in [0.3, 0.4) is 0 Å². The number of methoxy groups -OCH3 is 1. The van der Waals surface area contributed by atoms with Crippen molar-refractivity contribution in [3.05, 3.63) is 46.2 Å². The lowest BCUT2D eigenvalue weighted by atomic mass is 9.93. The molecule has 0 bridgehead atoms. The van der Waals surface area contributed by atoms with Crippen molar-refractivity contribution in [2.24, 2.45) is 5.92 Å². The normalized spacial score (nSPS) is 13.2. The van der Waals surface area contributed by atoms with E-state index in [1.54, 1.807) is 25.1 Å². The number of pyridine rings is 1. The molecular formula is C27H34Cl2N2O8. The minimum Gasteiger partial charge on any atom is -0.493 e. The minimum absolute atomic E-state index is 0.0465. The summed E-state index contributed by atoms with van der Waals surface area (Å²) in [6, 6.07) is 5.34. The summed E-state index contributed by atoms with van der Waals surface area (Å²) >= 11 is 12.3. The molecule has 0 aliphatic carbocycles. The fourth-order valence-corrected chi connectivity index (χ4v) is 4.24. The highest BCUT2D eigenvalue weighted by atomic mass is 35.5. The van der Waals surface area contributed by atoms with Crippen LogP contribution in [0.15, 0.2) is 30.5 Å². The van der Waals surface area contributed by atoms with E-state index in [1.807, 2.05) is 13.8 Å². The van der Waals surface area contributed by atoms with E-state index in [0.717, 1.165) is 12.8 Å². The number of benzene rings is 1. The second-order valence-electron chi connectivity index (χ2n) is 8.66. The Morgan fingerprint density at radius 2 is 1.74 bits per heavy atom. The van der Waals surface area contributed by atoms with Gasteiger partial charge in [-0.05, 0) is 50.8 Å². The van der Waals surface area contributed by atoms with Crippen LogP contribution in [-0.2, 0) is 19.1 Å². The Morgan fingerprint density at radius 3 is 2.33 bits per heavy atom. The van der Waals surface area contributed by atoms with Crippen molar-refractivity contribution in [3.63, 3.8) is 0 Å². The number of esters is 2. The Bertz CT molecular complexity index is 1140. The standard InChI is InChI=1S/C27H34Cl2N2O8/c1-7-18(8-2)24(39-21-10-9-19(28)13-20(21)29)16(4)38-27(34)15(3)31-26(33)23-25(37-14-36-17(5)32)22(35-6)11-12-30-23/h9-13,15-16,18,24H,7-8,14H2,1-6H3,(H,31,33)/t15-,16-,24-/m0/s1. The molecule has 0 saturated heterocycles. The average Bonchev–Trinajstić information content (AvgIpc) is 2.89. The Labute approximate surface area is 238 Å². The van der Waals surface area contributed by atoms with Gasteiger partial charge in [0.25, 0.3) is 5.91 Å². The van der Waals surface area contributed by atoms with E-state index >= 15 is 0 Å². The van der Waals surface area contributed by atoms with Crippen LogP contribution in [-0.4, -0.2) is 55.0 Å². The Hall–Kier alpha value is -3.24. The highest BCUT2D eigenvalue weighted by molar-refractivity contribution is 6.35. The molecule has 0 fully saturated rings. The third-order valence-electron chi connectivity index (χ3n) is 5.91. The number of nitrogens with zero attached hydrogens (tertiary/aromatic N) is 1. The summed E-state index contributed by atoms with van der Waals surface area (Å²) in [5, 5.41) is 3.37. The quantitative estimate of drug-likeness (QED) is 0.235. The van der Waals surface area contributed by atoms with Gasteiger partial charge >= 0.3 is 11.9 Å². The zero-order valence-corrected chi connectivity index (χ0v) is 24.3. The van der Waals surface area contributed by atoms with Crippen LogP contribution in [0.25, 0.3) is 0 Å². The van der Waals surface area contributed by atoms with Crippen molar-refractivity contribution in [1.29, 1.82) is 0 Å². The molecule has 1 amide bonds. The lowest BCUT2D eigenvalue weighted by Gasteiger charge is -2.32. The van der Waals surface area contributed by atoms with Crippen LogP contribution in [0.5, 0.6) is 17.2 Å². The van der Waals surface area contributed by atoms with Crippen molar-refractivity contribution < 1.29 is 38.1 Å². The van der Waals surface area contributed by atoms with Crippen molar-refractivity contribution in [3.8, 4) is 17.2 Å². The van der Waals surface area contributed by atoms with Gasteiger partial charge in [-0.2, -0.15) is 0 Å². The van der Waals surface area contributed by atoms with Crippen LogP contribution < -0.4 is 19.5 Å². The molecule has 2 rings (SSSR count). The highest BCUT2D eigenvalue weighted by Crippen LogP contribution is 2.32. The maximum absolute atomic E-state index is 13.0. The fraction of sp³-hybridized carbons (Fsp3) is 0.481. The van der Waals surface area contributed by atoms with Crippen LogP contribution in [0.4, 0.5) is 0 Å². The summed E-state index contributed by atoms with van der Waals surface area (Å²) in [7, 11) is 1.38. The molecule has 3 atom stereocenters. The monoisotopic (exact) mass is 584 g/mol. The van der Waals surface area contributed by atoms with Gasteiger partial charge in [0, 0.05) is 24.2 Å². The highest BCUT2D eigenvalue weighted by Gasteiger charge is 2.32. The minimum atomic E-state index is -1.05. The molecule has 214 valence electrons. The third-order valence-corrected chi connectivity index (χ3v) is 6.44. The summed E-state index contributed by atoms with van der Waals surface area (Å²) in [4.78, 5) is 41.1. The molecule has 39 heavy (non-hydrogen) atoms. The van der Waals surface area contributed by atoms with Gasteiger partial charge in [-0.1, -0.05) is 37.0 Å². The van der Waals surface area contributed by atoms with E-state index in [1.165, 1.54) is 33.2 Å². The van der Waals surface area contributed by atoms with Gasteiger partial charge < -0.3 is 29.0 Å². The molecule has 0 aliphatic heterocycles. The van der Waals surface area contributed by atoms with Crippen LogP contribution in [0.2, 0.25) is 10.0 Å². The number of amides is 1. The Kier molecular flexibility index (Phi) is 12.6. The molecule has 1 aromatic heterocycles. The third kappa shape index (κ3) is 9.18. The van der Waals surface area contributed by atoms with Crippen molar-refractivity contribution in [2.45, 2.75) is 65.7 Å². The molecule has 0 radical (unpaired) electrons. The van der Waals surface area contributed by atoms with Crippen molar-refractivity contribution >= 4 is 41.0 Å². The van der Waals surface area contributed by atoms with Gasteiger partial charge in [0.15, 0.2) is 17.2 Å². The molecule has 10 nitrogen and oxygen atoms in total. The first kappa shape index (κ1) is 32.0. The molecule has 0 aliphatic rings. The molecule has 2 aromatic rings. The molecule has 1 aromatic carbocycles. The zero-order chi connectivity index (χ0) is 29.1. The lowest BCUT2D eigenvalue weighted by molar-refractivity contribution is -0.156. The van der Waals surface area contributed by atoms with Gasteiger partial charge in [0.05, 0.1) is 12.1 Å². The molecular weight excluding hydrogens is 551 g/mol. The van der Waals surface area contributed by atoms with Gasteiger partial charge in [-0.25, -0.2) is 9.78 Å². The summed E-state index contributed by atoms with van der Waals surface area (Å²) in [5.41, 5.74) is -0.162. The number of carbonyl (C=O) groups is 3. The van der Waals surface area contributed by atoms with Gasteiger partial charge in [-0.15, -0.1) is 0 Å². The van der Waals surface area contributed by atoms with E-state index in [2.05, 4.69) is 10.3 Å². The second-order valence-corrected chi connectivity index (χ2v) is 9.50. The number of nitrogens with one attached hydrogen (secondary N) is 1. The van der Waals surface area contributed by atoms with Gasteiger partial charge in [-0.3, -0.25) is 9.59 Å². The Morgan fingerprint density at radius 1 is 1.05 bits per heavy atom.